The zero-order chi connectivity index (χ0) is 14.0. The van der Waals surface area contributed by atoms with Crippen LogP contribution in [0, 0.1) is 11.6 Å². The van der Waals surface area contributed by atoms with Gasteiger partial charge in [0, 0.05) is 21.7 Å². The highest BCUT2D eigenvalue weighted by atomic mass is 35.5. The SMILES string of the molecule is NNC(c1ccc(F)cc1F)c1cc(Cl)ccc1Cl. The third-order valence-electron chi connectivity index (χ3n) is 2.71. The molecule has 0 heterocycles. The number of hydrogen-bond acceptors (Lipinski definition) is 2. The third-order valence-corrected chi connectivity index (χ3v) is 3.29. The topological polar surface area (TPSA) is 38.0 Å². The van der Waals surface area contributed by atoms with Gasteiger partial charge in [-0.2, -0.15) is 0 Å². The Bertz CT molecular complexity index is 605. The summed E-state index contributed by atoms with van der Waals surface area (Å²) in [5, 5.41) is 0.832. The zero-order valence-corrected chi connectivity index (χ0v) is 11.1. The normalized spacial score (nSPS) is 12.5. The highest BCUT2D eigenvalue weighted by Gasteiger charge is 2.19. The molecule has 2 aromatic rings. The Labute approximate surface area is 119 Å². The Balaban J connectivity index is 2.52. The summed E-state index contributed by atoms with van der Waals surface area (Å²) in [5.74, 6) is 4.08. The smallest absolute Gasteiger partial charge is 0.131 e. The van der Waals surface area contributed by atoms with Gasteiger partial charge >= 0.3 is 0 Å². The zero-order valence-electron chi connectivity index (χ0n) is 9.63. The van der Waals surface area contributed by atoms with Gasteiger partial charge < -0.3 is 0 Å². The average molecular weight is 303 g/mol. The van der Waals surface area contributed by atoms with E-state index in [1.54, 1.807) is 18.2 Å². The second-order valence-electron chi connectivity index (χ2n) is 3.93. The van der Waals surface area contributed by atoms with Gasteiger partial charge in [0.1, 0.15) is 11.6 Å². The molecule has 0 aliphatic heterocycles. The van der Waals surface area contributed by atoms with Crippen LogP contribution in [0.4, 0.5) is 8.78 Å². The Morgan fingerprint density at radius 3 is 2.37 bits per heavy atom. The quantitative estimate of drug-likeness (QED) is 0.668. The Morgan fingerprint density at radius 1 is 1.00 bits per heavy atom. The summed E-state index contributed by atoms with van der Waals surface area (Å²) in [4.78, 5) is 0. The maximum Gasteiger partial charge on any atom is 0.131 e. The van der Waals surface area contributed by atoms with Crippen LogP contribution in [0.5, 0.6) is 0 Å². The van der Waals surface area contributed by atoms with Gasteiger partial charge in [-0.15, -0.1) is 0 Å². The Hall–Kier alpha value is -1.20. The summed E-state index contributed by atoms with van der Waals surface area (Å²) < 4.78 is 26.7. The summed E-state index contributed by atoms with van der Waals surface area (Å²) >= 11 is 11.9. The van der Waals surface area contributed by atoms with Crippen LogP contribution in [-0.4, -0.2) is 0 Å². The summed E-state index contributed by atoms with van der Waals surface area (Å²) in [7, 11) is 0. The van der Waals surface area contributed by atoms with Crippen molar-refractivity contribution in [3.8, 4) is 0 Å². The fraction of sp³-hybridized carbons (Fsp3) is 0.0769. The van der Waals surface area contributed by atoms with Crippen molar-refractivity contribution < 1.29 is 8.78 Å². The van der Waals surface area contributed by atoms with E-state index in [9.17, 15) is 8.78 Å². The molecule has 19 heavy (non-hydrogen) atoms. The van der Waals surface area contributed by atoms with Crippen LogP contribution < -0.4 is 11.3 Å². The van der Waals surface area contributed by atoms with Gasteiger partial charge in [-0.25, -0.2) is 14.2 Å². The number of halogens is 4. The molecule has 0 aliphatic carbocycles. The molecule has 0 aliphatic rings. The van der Waals surface area contributed by atoms with Crippen molar-refractivity contribution in [3.05, 3.63) is 69.2 Å². The van der Waals surface area contributed by atoms with Crippen molar-refractivity contribution in [2.45, 2.75) is 6.04 Å². The largest absolute Gasteiger partial charge is 0.271 e. The number of hydrazine groups is 1. The molecular formula is C13H10Cl2F2N2. The van der Waals surface area contributed by atoms with Gasteiger partial charge in [0.05, 0.1) is 6.04 Å². The van der Waals surface area contributed by atoms with E-state index in [1.807, 2.05) is 0 Å². The fourth-order valence-corrected chi connectivity index (χ4v) is 2.23. The number of nitrogens with one attached hydrogen (secondary N) is 1. The molecule has 1 unspecified atom stereocenters. The maximum absolute atomic E-state index is 13.8. The molecule has 100 valence electrons. The Kier molecular flexibility index (Phi) is 4.37. The van der Waals surface area contributed by atoms with Gasteiger partial charge in [-0.1, -0.05) is 29.3 Å². The maximum atomic E-state index is 13.8. The second kappa shape index (κ2) is 5.84. The van der Waals surface area contributed by atoms with Crippen LogP contribution in [0.1, 0.15) is 17.2 Å². The lowest BCUT2D eigenvalue weighted by Crippen LogP contribution is -2.29. The molecule has 0 spiro atoms. The van der Waals surface area contributed by atoms with E-state index in [0.717, 1.165) is 12.1 Å². The van der Waals surface area contributed by atoms with E-state index in [2.05, 4.69) is 5.43 Å². The van der Waals surface area contributed by atoms with Crippen molar-refractivity contribution in [2.24, 2.45) is 5.84 Å². The number of hydrogen-bond donors (Lipinski definition) is 2. The fourth-order valence-electron chi connectivity index (χ4n) is 1.82. The predicted octanol–water partition coefficient (Wildman–Crippen LogP) is 3.82. The summed E-state index contributed by atoms with van der Waals surface area (Å²) in [5.41, 5.74) is 3.16. The molecule has 0 bridgehead atoms. The van der Waals surface area contributed by atoms with Crippen molar-refractivity contribution >= 4 is 23.2 Å². The van der Waals surface area contributed by atoms with Crippen molar-refractivity contribution in [3.63, 3.8) is 0 Å². The van der Waals surface area contributed by atoms with Crippen molar-refractivity contribution in [2.75, 3.05) is 0 Å². The molecule has 0 radical (unpaired) electrons. The lowest BCUT2D eigenvalue weighted by molar-refractivity contribution is 0.541. The molecule has 0 amide bonds. The monoisotopic (exact) mass is 302 g/mol. The predicted molar refractivity (Wildman–Crippen MR) is 72.0 cm³/mol. The summed E-state index contributed by atoms with van der Waals surface area (Å²) in [6.07, 6.45) is 0. The van der Waals surface area contributed by atoms with Gasteiger partial charge in [0.15, 0.2) is 0 Å². The van der Waals surface area contributed by atoms with Gasteiger partial charge in [-0.05, 0) is 29.8 Å². The van der Waals surface area contributed by atoms with Crippen molar-refractivity contribution in [1.82, 2.24) is 5.43 Å². The first-order chi connectivity index (χ1) is 9.02. The molecule has 2 aromatic carbocycles. The highest BCUT2D eigenvalue weighted by Crippen LogP contribution is 2.31. The van der Waals surface area contributed by atoms with E-state index in [0.29, 0.717) is 15.6 Å². The van der Waals surface area contributed by atoms with Crippen LogP contribution in [-0.2, 0) is 0 Å². The van der Waals surface area contributed by atoms with E-state index < -0.39 is 17.7 Å². The second-order valence-corrected chi connectivity index (χ2v) is 4.77. The highest BCUT2D eigenvalue weighted by molar-refractivity contribution is 6.33. The standard InChI is InChI=1S/C13H10Cl2F2N2/c14-7-1-4-11(15)10(5-7)13(19-18)9-3-2-8(16)6-12(9)17/h1-6,13,19H,18H2. The van der Waals surface area contributed by atoms with Crippen LogP contribution in [0.2, 0.25) is 10.0 Å². The molecule has 2 nitrogen and oxygen atoms in total. The first-order valence-corrected chi connectivity index (χ1v) is 6.14. The Morgan fingerprint density at radius 2 is 1.74 bits per heavy atom. The number of benzene rings is 2. The molecular weight excluding hydrogens is 293 g/mol. The minimum absolute atomic E-state index is 0.188. The van der Waals surface area contributed by atoms with E-state index in [-0.39, 0.29) is 5.56 Å². The minimum Gasteiger partial charge on any atom is -0.271 e. The summed E-state index contributed by atoms with van der Waals surface area (Å²) in [6, 6.07) is 7.32. The van der Waals surface area contributed by atoms with Crippen LogP contribution in [0.15, 0.2) is 36.4 Å². The molecule has 2 rings (SSSR count). The molecule has 0 fully saturated rings. The summed E-state index contributed by atoms with van der Waals surface area (Å²) in [6.45, 7) is 0. The van der Waals surface area contributed by atoms with E-state index in [1.165, 1.54) is 6.07 Å². The molecule has 3 N–H and O–H groups in total. The third kappa shape index (κ3) is 3.04. The first-order valence-electron chi connectivity index (χ1n) is 5.39. The van der Waals surface area contributed by atoms with E-state index >= 15 is 0 Å². The molecule has 1 atom stereocenters. The van der Waals surface area contributed by atoms with Crippen LogP contribution in [0.3, 0.4) is 0 Å². The lowest BCUT2D eigenvalue weighted by atomic mass is 9.98. The van der Waals surface area contributed by atoms with Crippen LogP contribution in [0.25, 0.3) is 0 Å². The minimum atomic E-state index is -0.716. The number of nitrogens with two attached hydrogens (primary N) is 1. The van der Waals surface area contributed by atoms with Crippen molar-refractivity contribution in [1.29, 1.82) is 0 Å². The number of rotatable bonds is 3. The molecule has 6 heteroatoms. The van der Waals surface area contributed by atoms with Gasteiger partial charge in [0.25, 0.3) is 0 Å². The lowest BCUT2D eigenvalue weighted by Gasteiger charge is -2.19. The molecule has 0 saturated heterocycles. The van der Waals surface area contributed by atoms with Gasteiger partial charge in [0.2, 0.25) is 0 Å². The average Bonchev–Trinajstić information content (AvgIpc) is 2.36. The molecule has 0 saturated carbocycles. The van der Waals surface area contributed by atoms with E-state index in [4.69, 9.17) is 29.0 Å². The first kappa shape index (κ1) is 14.2. The van der Waals surface area contributed by atoms with Crippen LogP contribution >= 0.6 is 23.2 Å². The van der Waals surface area contributed by atoms with Gasteiger partial charge in [-0.3, -0.25) is 5.84 Å². The molecule has 0 aromatic heterocycles.